The Bertz CT molecular complexity index is 668. The summed E-state index contributed by atoms with van der Waals surface area (Å²) in [6.07, 6.45) is 3.58. The van der Waals surface area contributed by atoms with Gasteiger partial charge in [0.15, 0.2) is 5.17 Å². The molecule has 2 heterocycles. The molecule has 22 heavy (non-hydrogen) atoms. The first-order chi connectivity index (χ1) is 10.8. The van der Waals surface area contributed by atoms with Gasteiger partial charge in [0.1, 0.15) is 0 Å². The number of aromatic nitrogens is 1. The van der Waals surface area contributed by atoms with E-state index in [0.717, 1.165) is 28.6 Å². The molecule has 1 N–H and O–H groups in total. The highest BCUT2D eigenvalue weighted by molar-refractivity contribution is 8.14. The van der Waals surface area contributed by atoms with Gasteiger partial charge >= 0.3 is 0 Å². The lowest BCUT2D eigenvalue weighted by Crippen LogP contribution is -2.15. The van der Waals surface area contributed by atoms with Crippen molar-refractivity contribution in [3.63, 3.8) is 0 Å². The first kappa shape index (κ1) is 15.7. The molecule has 0 radical (unpaired) electrons. The number of hydrogen-bond donors (Lipinski definition) is 1. The van der Waals surface area contributed by atoms with Crippen LogP contribution in [0.15, 0.2) is 47.7 Å². The van der Waals surface area contributed by atoms with Crippen LogP contribution in [0.1, 0.15) is 17.0 Å². The number of halogens is 2. The highest BCUT2D eigenvalue weighted by atomic mass is 35.5. The van der Waals surface area contributed by atoms with E-state index in [2.05, 4.69) is 10.3 Å². The minimum atomic E-state index is 0.0599. The van der Waals surface area contributed by atoms with Crippen molar-refractivity contribution in [1.29, 1.82) is 0 Å². The van der Waals surface area contributed by atoms with Crippen molar-refractivity contribution in [2.75, 3.05) is 18.8 Å². The summed E-state index contributed by atoms with van der Waals surface area (Å²) in [5, 5.41) is 5.44. The van der Waals surface area contributed by atoms with E-state index in [1.165, 1.54) is 0 Å². The fourth-order valence-corrected chi connectivity index (χ4v) is 3.61. The van der Waals surface area contributed by atoms with Crippen LogP contribution in [-0.2, 0) is 0 Å². The third-order valence-electron chi connectivity index (χ3n) is 3.50. The summed E-state index contributed by atoms with van der Waals surface area (Å²) in [5.74, 6) is 1.13. The second-order valence-corrected chi connectivity index (χ2v) is 6.77. The molecule has 0 bridgehead atoms. The standard InChI is InChI=1S/C16H15Cl2N3S/c17-14-3-1-2-12(15(14)18)13(11-4-6-19-7-5-11)10-21-16-20-8-9-22-16/h1-7,13H,8-10H2,(H,20,21). The molecule has 3 nitrogen and oxygen atoms in total. The fourth-order valence-electron chi connectivity index (χ4n) is 2.40. The van der Waals surface area contributed by atoms with Crippen LogP contribution in [0.25, 0.3) is 0 Å². The molecule has 1 saturated heterocycles. The van der Waals surface area contributed by atoms with Crippen LogP contribution in [0.3, 0.4) is 0 Å². The third-order valence-corrected chi connectivity index (χ3v) is 5.29. The fraction of sp³-hybridized carbons (Fsp3) is 0.250. The summed E-state index contributed by atoms with van der Waals surface area (Å²) in [5.41, 5.74) is 2.12. The van der Waals surface area contributed by atoms with Gasteiger partial charge in [-0.25, -0.2) is 0 Å². The number of amidine groups is 1. The molecular formula is C16H15Cl2N3S. The van der Waals surface area contributed by atoms with E-state index >= 15 is 0 Å². The Morgan fingerprint density at radius 2 is 2.05 bits per heavy atom. The van der Waals surface area contributed by atoms with Gasteiger partial charge in [0.05, 0.1) is 16.6 Å². The van der Waals surface area contributed by atoms with E-state index in [9.17, 15) is 0 Å². The number of thioether (sulfide) groups is 1. The zero-order chi connectivity index (χ0) is 15.4. The van der Waals surface area contributed by atoms with E-state index in [4.69, 9.17) is 28.2 Å². The summed E-state index contributed by atoms with van der Waals surface area (Å²) >= 11 is 14.3. The van der Waals surface area contributed by atoms with Crippen molar-refractivity contribution in [2.24, 2.45) is 4.99 Å². The molecule has 0 aliphatic carbocycles. The van der Waals surface area contributed by atoms with Gasteiger partial charge in [0.2, 0.25) is 0 Å². The summed E-state index contributed by atoms with van der Waals surface area (Å²) in [6, 6.07) is 9.73. The molecule has 3 rings (SSSR count). The number of rotatable bonds is 4. The number of aliphatic imine (C=N–C) groups is 1. The van der Waals surface area contributed by atoms with Crippen molar-refractivity contribution in [3.05, 3.63) is 63.9 Å². The van der Waals surface area contributed by atoms with Crippen molar-refractivity contribution < 1.29 is 0 Å². The zero-order valence-corrected chi connectivity index (χ0v) is 14.1. The van der Waals surface area contributed by atoms with Gasteiger partial charge < -0.3 is 5.32 Å². The Hall–Kier alpha value is -1.23. The van der Waals surface area contributed by atoms with E-state index in [-0.39, 0.29) is 5.92 Å². The Morgan fingerprint density at radius 3 is 2.77 bits per heavy atom. The predicted molar refractivity (Wildman–Crippen MR) is 95.3 cm³/mol. The van der Waals surface area contributed by atoms with Crippen LogP contribution < -0.4 is 5.32 Å². The zero-order valence-electron chi connectivity index (χ0n) is 11.8. The lowest BCUT2D eigenvalue weighted by molar-refractivity contribution is 0.814. The number of nitrogens with zero attached hydrogens (tertiary/aromatic N) is 2. The average molecular weight is 352 g/mol. The molecule has 1 aromatic heterocycles. The van der Waals surface area contributed by atoms with E-state index in [0.29, 0.717) is 16.6 Å². The van der Waals surface area contributed by atoms with Gasteiger partial charge in [-0.1, -0.05) is 47.1 Å². The Labute approximate surface area is 144 Å². The van der Waals surface area contributed by atoms with Gasteiger partial charge in [-0.15, -0.1) is 0 Å². The summed E-state index contributed by atoms with van der Waals surface area (Å²) < 4.78 is 0. The largest absolute Gasteiger partial charge is 0.364 e. The molecule has 1 atom stereocenters. The summed E-state index contributed by atoms with van der Waals surface area (Å²) in [7, 11) is 0. The van der Waals surface area contributed by atoms with Crippen LogP contribution in [-0.4, -0.2) is 29.0 Å². The molecule has 1 unspecified atom stereocenters. The van der Waals surface area contributed by atoms with Crippen molar-refractivity contribution in [3.8, 4) is 0 Å². The van der Waals surface area contributed by atoms with Crippen LogP contribution in [0, 0.1) is 0 Å². The maximum Gasteiger partial charge on any atom is 0.156 e. The van der Waals surface area contributed by atoms with Gasteiger partial charge in [0, 0.05) is 30.6 Å². The molecule has 2 aromatic rings. The SMILES string of the molecule is Clc1cccc(C(CN=C2NCCS2)c2ccncc2)c1Cl. The second kappa shape index (κ2) is 7.36. The van der Waals surface area contributed by atoms with Crippen LogP contribution >= 0.6 is 35.0 Å². The smallest absolute Gasteiger partial charge is 0.156 e. The maximum atomic E-state index is 6.42. The lowest BCUT2D eigenvalue weighted by Gasteiger charge is -2.18. The van der Waals surface area contributed by atoms with Gasteiger partial charge in [-0.3, -0.25) is 9.98 Å². The average Bonchev–Trinajstić information content (AvgIpc) is 3.06. The first-order valence-corrected chi connectivity index (χ1v) is 8.75. The molecule has 0 saturated carbocycles. The van der Waals surface area contributed by atoms with Crippen molar-refractivity contribution in [2.45, 2.75) is 5.92 Å². The molecule has 1 aliphatic heterocycles. The topological polar surface area (TPSA) is 37.3 Å². The van der Waals surface area contributed by atoms with Crippen LogP contribution in [0.5, 0.6) is 0 Å². The Balaban J connectivity index is 1.95. The van der Waals surface area contributed by atoms with Crippen LogP contribution in [0.2, 0.25) is 10.0 Å². The molecule has 114 valence electrons. The second-order valence-electron chi connectivity index (χ2n) is 4.90. The predicted octanol–water partition coefficient (Wildman–Crippen LogP) is 4.21. The maximum absolute atomic E-state index is 6.42. The lowest BCUT2D eigenvalue weighted by atomic mass is 9.92. The Morgan fingerprint density at radius 1 is 1.23 bits per heavy atom. The number of nitrogens with one attached hydrogen (secondary N) is 1. The molecule has 6 heteroatoms. The van der Waals surface area contributed by atoms with Crippen molar-refractivity contribution in [1.82, 2.24) is 10.3 Å². The third kappa shape index (κ3) is 3.57. The van der Waals surface area contributed by atoms with Gasteiger partial charge in [-0.2, -0.15) is 0 Å². The molecule has 1 fully saturated rings. The van der Waals surface area contributed by atoms with Crippen LogP contribution in [0.4, 0.5) is 0 Å². The van der Waals surface area contributed by atoms with E-state index < -0.39 is 0 Å². The number of benzene rings is 1. The molecule has 0 amide bonds. The summed E-state index contributed by atoms with van der Waals surface area (Å²) in [4.78, 5) is 8.78. The molecule has 1 aliphatic rings. The summed E-state index contributed by atoms with van der Waals surface area (Å²) in [6.45, 7) is 1.60. The quantitative estimate of drug-likeness (QED) is 0.896. The normalized spacial score (nSPS) is 17.5. The van der Waals surface area contributed by atoms with Gasteiger partial charge in [-0.05, 0) is 29.3 Å². The monoisotopic (exact) mass is 351 g/mol. The minimum absolute atomic E-state index is 0.0599. The highest BCUT2D eigenvalue weighted by Gasteiger charge is 2.19. The van der Waals surface area contributed by atoms with E-state index in [1.54, 1.807) is 30.2 Å². The van der Waals surface area contributed by atoms with Crippen molar-refractivity contribution >= 4 is 40.1 Å². The van der Waals surface area contributed by atoms with E-state index in [1.807, 2.05) is 24.3 Å². The first-order valence-electron chi connectivity index (χ1n) is 7.00. The number of hydrogen-bond acceptors (Lipinski definition) is 3. The molecule has 0 spiro atoms. The Kier molecular flexibility index (Phi) is 5.24. The van der Waals surface area contributed by atoms with Gasteiger partial charge in [0.25, 0.3) is 0 Å². The molecular weight excluding hydrogens is 337 g/mol. The number of pyridine rings is 1. The minimum Gasteiger partial charge on any atom is -0.364 e. The highest BCUT2D eigenvalue weighted by Crippen LogP contribution is 2.34. The molecule has 1 aromatic carbocycles.